The molecule has 1 aliphatic rings. The van der Waals surface area contributed by atoms with Crippen LogP contribution in [0.1, 0.15) is 69.9 Å². The minimum atomic E-state index is 0.951. The van der Waals surface area contributed by atoms with Gasteiger partial charge in [0.1, 0.15) is 0 Å². The molecular weight excluding hydrogens is 372 g/mol. The van der Waals surface area contributed by atoms with E-state index in [4.69, 9.17) is 0 Å². The fourth-order valence-corrected chi connectivity index (χ4v) is 5.24. The molecule has 0 unspecified atom stereocenters. The Morgan fingerprint density at radius 2 is 0.903 bits per heavy atom. The number of hydrogen-bond acceptors (Lipinski definition) is 0. The van der Waals surface area contributed by atoms with Gasteiger partial charge in [-0.15, -0.1) is 0 Å². The van der Waals surface area contributed by atoms with Gasteiger partial charge >= 0.3 is 0 Å². The molecule has 0 heteroatoms. The number of benzene rings is 3. The summed E-state index contributed by atoms with van der Waals surface area (Å²) >= 11 is 0. The lowest BCUT2D eigenvalue weighted by Crippen LogP contribution is -2.15. The summed E-state index contributed by atoms with van der Waals surface area (Å²) in [6.45, 7) is 4.53. The Kier molecular flexibility index (Phi) is 7.62. The van der Waals surface area contributed by atoms with Crippen LogP contribution in [0.4, 0.5) is 0 Å². The lowest BCUT2D eigenvalue weighted by Gasteiger charge is -2.28. The molecule has 31 heavy (non-hydrogen) atoms. The molecule has 0 spiro atoms. The van der Waals surface area contributed by atoms with Crippen LogP contribution in [0.5, 0.6) is 0 Å². The summed E-state index contributed by atoms with van der Waals surface area (Å²) in [7, 11) is 0. The molecule has 0 N–H and O–H groups in total. The molecule has 3 aromatic carbocycles. The number of aryl methyl sites for hydroxylation is 2. The van der Waals surface area contributed by atoms with Crippen molar-refractivity contribution in [1.82, 2.24) is 0 Å². The van der Waals surface area contributed by atoms with Crippen LogP contribution < -0.4 is 0 Å². The highest BCUT2D eigenvalue weighted by Crippen LogP contribution is 2.34. The number of hydrogen-bond donors (Lipinski definition) is 0. The monoisotopic (exact) mass is 410 g/mol. The van der Waals surface area contributed by atoms with Crippen molar-refractivity contribution in [1.29, 1.82) is 0 Å². The Hall–Kier alpha value is -2.34. The summed E-state index contributed by atoms with van der Waals surface area (Å²) in [5.41, 5.74) is 8.09. The van der Waals surface area contributed by atoms with Crippen LogP contribution in [0.3, 0.4) is 0 Å². The minimum absolute atomic E-state index is 0.951. The Bertz CT molecular complexity index is 907. The molecule has 0 amide bonds. The van der Waals surface area contributed by atoms with E-state index in [0.717, 1.165) is 18.3 Å². The third-order valence-corrected chi connectivity index (χ3v) is 7.37. The highest BCUT2D eigenvalue weighted by molar-refractivity contribution is 5.70. The molecule has 0 saturated heterocycles. The van der Waals surface area contributed by atoms with Gasteiger partial charge in [0, 0.05) is 0 Å². The molecule has 0 nitrogen and oxygen atoms in total. The number of rotatable bonds is 8. The summed E-state index contributed by atoms with van der Waals surface area (Å²) in [5.74, 6) is 1.97. The van der Waals surface area contributed by atoms with E-state index in [1.807, 2.05) is 0 Å². The molecule has 1 fully saturated rings. The maximum absolute atomic E-state index is 2.34. The van der Waals surface area contributed by atoms with Crippen LogP contribution in [0.15, 0.2) is 72.8 Å². The van der Waals surface area contributed by atoms with Crippen LogP contribution in [0.2, 0.25) is 0 Å². The van der Waals surface area contributed by atoms with Crippen molar-refractivity contribution in [3.8, 4) is 22.3 Å². The summed E-state index contributed by atoms with van der Waals surface area (Å²) in [4.78, 5) is 0. The van der Waals surface area contributed by atoms with E-state index < -0.39 is 0 Å². The normalized spacial score (nSPS) is 18.8. The van der Waals surface area contributed by atoms with Gasteiger partial charge in [-0.25, -0.2) is 0 Å². The standard InChI is InChI=1S/C31H38/c1-3-5-25-6-8-26(9-7-25)10-11-27-14-18-29(19-15-27)31-22-20-30(21-23-31)28-16-12-24(4-2)13-17-28/h12-23,25-26H,3-11H2,1-2H3/t25-,26-. The van der Waals surface area contributed by atoms with Crippen LogP contribution >= 0.6 is 0 Å². The van der Waals surface area contributed by atoms with Crippen LogP contribution in [-0.2, 0) is 12.8 Å². The predicted octanol–water partition coefficient (Wildman–Crippen LogP) is 9.12. The van der Waals surface area contributed by atoms with E-state index in [2.05, 4.69) is 86.6 Å². The molecule has 1 aliphatic carbocycles. The van der Waals surface area contributed by atoms with Gasteiger partial charge in [-0.1, -0.05) is 125 Å². The average molecular weight is 411 g/mol. The molecule has 0 aliphatic heterocycles. The van der Waals surface area contributed by atoms with E-state index in [-0.39, 0.29) is 0 Å². The van der Waals surface area contributed by atoms with Gasteiger partial charge in [0.25, 0.3) is 0 Å². The van der Waals surface area contributed by atoms with Gasteiger partial charge in [0.15, 0.2) is 0 Å². The fourth-order valence-electron chi connectivity index (χ4n) is 5.24. The molecule has 1 saturated carbocycles. The second-order valence-corrected chi connectivity index (χ2v) is 9.54. The van der Waals surface area contributed by atoms with E-state index in [1.54, 1.807) is 0 Å². The van der Waals surface area contributed by atoms with E-state index in [9.17, 15) is 0 Å². The molecule has 162 valence electrons. The zero-order chi connectivity index (χ0) is 21.5. The highest BCUT2D eigenvalue weighted by atomic mass is 14.3. The Morgan fingerprint density at radius 1 is 0.516 bits per heavy atom. The molecule has 0 aromatic heterocycles. The molecule has 4 rings (SSSR count). The zero-order valence-corrected chi connectivity index (χ0v) is 19.4. The van der Waals surface area contributed by atoms with Crippen molar-refractivity contribution < 1.29 is 0 Å². The quantitative estimate of drug-likeness (QED) is 0.347. The summed E-state index contributed by atoms with van der Waals surface area (Å²) in [6.07, 6.45) is 12.3. The van der Waals surface area contributed by atoms with E-state index >= 15 is 0 Å². The minimum Gasteiger partial charge on any atom is -0.0654 e. The Labute approximate surface area is 189 Å². The van der Waals surface area contributed by atoms with Crippen molar-refractivity contribution in [2.45, 2.75) is 71.6 Å². The fraction of sp³-hybridized carbons (Fsp3) is 0.419. The molecular formula is C31H38. The second-order valence-electron chi connectivity index (χ2n) is 9.54. The molecule has 0 heterocycles. The second kappa shape index (κ2) is 10.8. The van der Waals surface area contributed by atoms with Crippen molar-refractivity contribution in [3.63, 3.8) is 0 Å². The van der Waals surface area contributed by atoms with Crippen molar-refractivity contribution >= 4 is 0 Å². The van der Waals surface area contributed by atoms with E-state index in [0.29, 0.717) is 0 Å². The third-order valence-electron chi connectivity index (χ3n) is 7.37. The van der Waals surface area contributed by atoms with Gasteiger partial charge in [-0.2, -0.15) is 0 Å². The van der Waals surface area contributed by atoms with Crippen molar-refractivity contribution in [3.05, 3.63) is 83.9 Å². The van der Waals surface area contributed by atoms with Crippen LogP contribution in [0.25, 0.3) is 22.3 Å². The first-order valence-electron chi connectivity index (χ1n) is 12.5. The maximum atomic E-state index is 2.34. The highest BCUT2D eigenvalue weighted by Gasteiger charge is 2.20. The lowest BCUT2D eigenvalue weighted by molar-refractivity contribution is 0.252. The average Bonchev–Trinajstić information content (AvgIpc) is 2.84. The maximum Gasteiger partial charge on any atom is -0.0184 e. The first-order chi connectivity index (χ1) is 15.2. The Balaban J connectivity index is 1.31. The third kappa shape index (κ3) is 5.88. The van der Waals surface area contributed by atoms with Gasteiger partial charge in [0.2, 0.25) is 0 Å². The summed E-state index contributed by atoms with van der Waals surface area (Å²) in [5, 5.41) is 0. The predicted molar refractivity (Wildman–Crippen MR) is 135 cm³/mol. The smallest absolute Gasteiger partial charge is 0.0184 e. The first kappa shape index (κ1) is 21.9. The van der Waals surface area contributed by atoms with Crippen LogP contribution in [0, 0.1) is 11.8 Å². The molecule has 0 atom stereocenters. The van der Waals surface area contributed by atoms with Crippen LogP contribution in [-0.4, -0.2) is 0 Å². The lowest BCUT2D eigenvalue weighted by atomic mass is 9.78. The summed E-state index contributed by atoms with van der Waals surface area (Å²) in [6, 6.07) is 27.2. The largest absolute Gasteiger partial charge is 0.0654 e. The van der Waals surface area contributed by atoms with Gasteiger partial charge in [0.05, 0.1) is 0 Å². The topological polar surface area (TPSA) is 0 Å². The van der Waals surface area contributed by atoms with Gasteiger partial charge in [-0.3, -0.25) is 0 Å². The first-order valence-corrected chi connectivity index (χ1v) is 12.5. The molecule has 3 aromatic rings. The Morgan fingerprint density at radius 3 is 1.32 bits per heavy atom. The van der Waals surface area contributed by atoms with Crippen molar-refractivity contribution in [2.75, 3.05) is 0 Å². The van der Waals surface area contributed by atoms with Gasteiger partial charge in [-0.05, 0) is 64.5 Å². The van der Waals surface area contributed by atoms with Gasteiger partial charge < -0.3 is 0 Å². The zero-order valence-electron chi connectivity index (χ0n) is 19.4. The SMILES string of the molecule is CCC[C@H]1CC[C@H](CCc2ccc(-c3ccc(-c4ccc(CC)cc4)cc3)cc2)CC1. The molecule has 0 radical (unpaired) electrons. The van der Waals surface area contributed by atoms with E-state index in [1.165, 1.54) is 84.7 Å². The molecule has 0 bridgehead atoms. The van der Waals surface area contributed by atoms with Crippen molar-refractivity contribution in [2.24, 2.45) is 11.8 Å². The summed E-state index contributed by atoms with van der Waals surface area (Å²) < 4.78 is 0.